The Bertz CT molecular complexity index is 864. The van der Waals surface area contributed by atoms with Gasteiger partial charge in [0.25, 0.3) is 5.91 Å². The maximum absolute atomic E-state index is 12.6. The van der Waals surface area contributed by atoms with E-state index in [4.69, 9.17) is 9.15 Å². The van der Waals surface area contributed by atoms with E-state index < -0.39 is 23.5 Å². The fourth-order valence-corrected chi connectivity index (χ4v) is 2.81. The molecule has 0 spiro atoms. The number of furan rings is 1. The van der Waals surface area contributed by atoms with Gasteiger partial charge in [0, 0.05) is 7.05 Å². The Labute approximate surface area is 144 Å². The summed E-state index contributed by atoms with van der Waals surface area (Å²) in [6.45, 7) is 0. The van der Waals surface area contributed by atoms with E-state index in [0.29, 0.717) is 17.1 Å². The number of hydrogen-bond acceptors (Lipinski definition) is 5. The number of ether oxygens (including phenoxy) is 1. The summed E-state index contributed by atoms with van der Waals surface area (Å²) in [5.74, 6) is -0.488. The number of likely N-dealkylation sites (N-methyl/N-ethyl adjacent to an activating group) is 1. The highest BCUT2D eigenvalue weighted by Gasteiger charge is 2.40. The van der Waals surface area contributed by atoms with Crippen LogP contribution in [-0.2, 0) is 9.59 Å². The summed E-state index contributed by atoms with van der Waals surface area (Å²) < 4.78 is 10.3. The van der Waals surface area contributed by atoms with E-state index in [2.05, 4.69) is 0 Å². The summed E-state index contributed by atoms with van der Waals surface area (Å²) in [7, 11) is 3.08. The Kier molecular flexibility index (Phi) is 4.43. The average Bonchev–Trinajstić information content (AvgIpc) is 3.22. The molecular formula is C19H17NO5. The number of benzene rings is 1. The average molecular weight is 339 g/mol. The third kappa shape index (κ3) is 3.06. The quantitative estimate of drug-likeness (QED) is 0.847. The number of allylic oxidation sites excluding steroid dienone is 1. The summed E-state index contributed by atoms with van der Waals surface area (Å²) >= 11 is 0. The molecule has 6 nitrogen and oxygen atoms in total. The van der Waals surface area contributed by atoms with Crippen molar-refractivity contribution in [2.45, 2.75) is 6.04 Å². The van der Waals surface area contributed by atoms with Crippen LogP contribution in [-0.4, -0.2) is 35.9 Å². The van der Waals surface area contributed by atoms with Gasteiger partial charge in [-0.25, -0.2) is 0 Å². The van der Waals surface area contributed by atoms with Crippen molar-refractivity contribution >= 4 is 17.8 Å². The Morgan fingerprint density at radius 1 is 1.32 bits per heavy atom. The van der Waals surface area contributed by atoms with Gasteiger partial charge in [-0.1, -0.05) is 12.1 Å². The van der Waals surface area contributed by atoms with E-state index in [-0.39, 0.29) is 5.57 Å². The van der Waals surface area contributed by atoms with Gasteiger partial charge < -0.3 is 19.2 Å². The fraction of sp³-hybridized carbons (Fsp3) is 0.158. The standard InChI is InChI=1S/C19H17NO5/c1-20-17(12-5-3-6-14(11-12)24-2)16(18(22)19(20)23)15(21)9-8-13-7-4-10-25-13/h3-11,17,22H,1-2H3/b9-8+. The van der Waals surface area contributed by atoms with E-state index in [0.717, 1.165) is 0 Å². The Morgan fingerprint density at radius 2 is 2.12 bits per heavy atom. The maximum atomic E-state index is 12.6. The molecule has 3 rings (SSSR count). The number of carbonyl (C=O) groups is 2. The summed E-state index contributed by atoms with van der Waals surface area (Å²) in [6.07, 6.45) is 4.27. The second kappa shape index (κ2) is 6.68. The van der Waals surface area contributed by atoms with Crippen LogP contribution in [0.4, 0.5) is 0 Å². The van der Waals surface area contributed by atoms with Gasteiger partial charge in [-0.3, -0.25) is 9.59 Å². The van der Waals surface area contributed by atoms with Crippen molar-refractivity contribution in [1.82, 2.24) is 4.90 Å². The zero-order chi connectivity index (χ0) is 18.0. The number of amides is 1. The highest BCUT2D eigenvalue weighted by Crippen LogP contribution is 2.37. The molecule has 0 bridgehead atoms. The molecule has 0 saturated carbocycles. The van der Waals surface area contributed by atoms with Crippen LogP contribution in [0.5, 0.6) is 5.75 Å². The molecule has 2 aromatic rings. The summed E-state index contributed by atoms with van der Waals surface area (Å²) in [6, 6.07) is 9.76. The molecular weight excluding hydrogens is 322 g/mol. The third-order valence-electron chi connectivity index (χ3n) is 4.06. The molecule has 128 valence electrons. The molecule has 1 aromatic carbocycles. The van der Waals surface area contributed by atoms with Crippen molar-refractivity contribution in [3.8, 4) is 5.75 Å². The summed E-state index contributed by atoms with van der Waals surface area (Å²) in [5, 5.41) is 10.2. The molecule has 0 fully saturated rings. The minimum atomic E-state index is -0.684. The lowest BCUT2D eigenvalue weighted by atomic mass is 9.96. The number of aliphatic hydroxyl groups excluding tert-OH is 1. The monoisotopic (exact) mass is 339 g/mol. The number of hydrogen-bond donors (Lipinski definition) is 1. The van der Waals surface area contributed by atoms with Crippen molar-refractivity contribution < 1.29 is 23.8 Å². The Hall–Kier alpha value is -3.28. The van der Waals surface area contributed by atoms with E-state index in [1.165, 1.54) is 30.4 Å². The number of methoxy groups -OCH3 is 1. The Balaban J connectivity index is 1.98. The van der Waals surface area contributed by atoms with Gasteiger partial charge in [0.05, 0.1) is 25.0 Å². The second-order valence-corrected chi connectivity index (χ2v) is 5.57. The van der Waals surface area contributed by atoms with Crippen LogP contribution in [0.2, 0.25) is 0 Å². The van der Waals surface area contributed by atoms with Gasteiger partial charge in [-0.2, -0.15) is 0 Å². The Morgan fingerprint density at radius 3 is 2.80 bits per heavy atom. The van der Waals surface area contributed by atoms with E-state index in [9.17, 15) is 14.7 Å². The summed E-state index contributed by atoms with van der Waals surface area (Å²) in [4.78, 5) is 26.1. The lowest BCUT2D eigenvalue weighted by molar-refractivity contribution is -0.128. The molecule has 1 aliphatic heterocycles. The van der Waals surface area contributed by atoms with Crippen molar-refractivity contribution in [2.24, 2.45) is 0 Å². The van der Waals surface area contributed by atoms with Gasteiger partial charge in [0.15, 0.2) is 11.5 Å². The molecule has 0 radical (unpaired) electrons. The number of nitrogens with zero attached hydrogens (tertiary/aromatic N) is 1. The number of aliphatic hydroxyl groups is 1. The smallest absolute Gasteiger partial charge is 0.289 e. The van der Waals surface area contributed by atoms with Gasteiger partial charge >= 0.3 is 0 Å². The summed E-state index contributed by atoms with van der Waals surface area (Å²) in [5.41, 5.74) is 0.706. The minimum absolute atomic E-state index is 0.0311. The first-order valence-electron chi connectivity index (χ1n) is 7.63. The van der Waals surface area contributed by atoms with Crippen LogP contribution >= 0.6 is 0 Å². The van der Waals surface area contributed by atoms with Crippen LogP contribution in [0.3, 0.4) is 0 Å². The predicted octanol–water partition coefficient (Wildman–Crippen LogP) is 2.90. The third-order valence-corrected chi connectivity index (χ3v) is 4.06. The largest absolute Gasteiger partial charge is 0.503 e. The maximum Gasteiger partial charge on any atom is 0.289 e. The minimum Gasteiger partial charge on any atom is -0.503 e. The van der Waals surface area contributed by atoms with Gasteiger partial charge in [-0.15, -0.1) is 0 Å². The molecule has 1 N–H and O–H groups in total. The van der Waals surface area contributed by atoms with E-state index >= 15 is 0 Å². The molecule has 0 saturated heterocycles. The second-order valence-electron chi connectivity index (χ2n) is 5.57. The lowest BCUT2D eigenvalue weighted by Gasteiger charge is -2.22. The molecule has 0 aliphatic carbocycles. The van der Waals surface area contributed by atoms with Crippen molar-refractivity contribution in [2.75, 3.05) is 14.2 Å². The van der Waals surface area contributed by atoms with Crippen LogP contribution in [0.1, 0.15) is 17.4 Å². The highest BCUT2D eigenvalue weighted by molar-refractivity contribution is 6.14. The molecule has 1 aromatic heterocycles. The topological polar surface area (TPSA) is 80.0 Å². The van der Waals surface area contributed by atoms with Crippen molar-refractivity contribution in [3.05, 3.63) is 71.4 Å². The number of carbonyl (C=O) groups excluding carboxylic acids is 2. The molecule has 1 unspecified atom stereocenters. The zero-order valence-corrected chi connectivity index (χ0v) is 13.8. The molecule has 6 heteroatoms. The number of ketones is 1. The van der Waals surface area contributed by atoms with Crippen LogP contribution in [0.15, 0.2) is 64.5 Å². The molecule has 1 atom stereocenters. The van der Waals surface area contributed by atoms with Gasteiger partial charge in [0.2, 0.25) is 0 Å². The SMILES string of the molecule is COc1cccc(C2C(C(=O)/C=C/c3ccco3)=C(O)C(=O)N2C)c1. The van der Waals surface area contributed by atoms with Crippen LogP contribution < -0.4 is 4.74 Å². The van der Waals surface area contributed by atoms with Crippen LogP contribution in [0, 0.1) is 0 Å². The first-order valence-corrected chi connectivity index (χ1v) is 7.63. The van der Waals surface area contributed by atoms with E-state index in [1.54, 1.807) is 43.4 Å². The fourth-order valence-electron chi connectivity index (χ4n) is 2.81. The predicted molar refractivity (Wildman–Crippen MR) is 90.9 cm³/mol. The van der Waals surface area contributed by atoms with Gasteiger partial charge in [-0.05, 0) is 42.0 Å². The number of rotatable bonds is 5. The van der Waals surface area contributed by atoms with Crippen molar-refractivity contribution in [3.63, 3.8) is 0 Å². The van der Waals surface area contributed by atoms with Crippen LogP contribution in [0.25, 0.3) is 6.08 Å². The molecule has 1 amide bonds. The molecule has 2 heterocycles. The molecule has 1 aliphatic rings. The lowest BCUT2D eigenvalue weighted by Crippen LogP contribution is -2.26. The normalized spacial score (nSPS) is 17.6. The zero-order valence-electron chi connectivity index (χ0n) is 13.8. The highest BCUT2D eigenvalue weighted by atomic mass is 16.5. The van der Waals surface area contributed by atoms with Crippen molar-refractivity contribution in [1.29, 1.82) is 0 Å². The van der Waals surface area contributed by atoms with E-state index in [1.807, 2.05) is 0 Å². The first kappa shape index (κ1) is 16.6. The molecule has 25 heavy (non-hydrogen) atoms. The van der Waals surface area contributed by atoms with Gasteiger partial charge in [0.1, 0.15) is 11.5 Å². The first-order chi connectivity index (χ1) is 12.0.